The van der Waals surface area contributed by atoms with E-state index >= 15 is 0 Å². The molecule has 1 saturated carbocycles. The van der Waals surface area contributed by atoms with E-state index in [1.807, 2.05) is 26.0 Å². The van der Waals surface area contributed by atoms with E-state index in [1.165, 1.54) is 14.2 Å². The lowest BCUT2D eigenvalue weighted by Gasteiger charge is -2.47. The minimum absolute atomic E-state index is 0.0190. The number of methoxy groups -OCH3 is 3. The van der Waals surface area contributed by atoms with Gasteiger partial charge in [-0.1, -0.05) is 64.2 Å². The number of alkyl carbamates (subject to hydrolysis) is 1. The van der Waals surface area contributed by atoms with Crippen LogP contribution in [0.15, 0.2) is 36.0 Å². The number of nitrogens with one attached hydrogen (secondary N) is 1. The second kappa shape index (κ2) is 28.2. The normalized spacial score (nSPS) is 34.9. The van der Waals surface area contributed by atoms with Crippen molar-refractivity contribution in [3.63, 3.8) is 0 Å². The lowest BCUT2D eigenvalue weighted by atomic mass is 9.81. The first-order chi connectivity index (χ1) is 34.0. The Bertz CT molecular complexity index is 1920. The fourth-order valence-corrected chi connectivity index (χ4v) is 11.4. The molecule has 408 valence electrons. The number of carbonyl (C=O) groups is 6. The average molecular weight is 1030 g/mol. The third-order valence-electron chi connectivity index (χ3n) is 15.0. The number of rotatable bonds is 15. The van der Waals surface area contributed by atoms with Gasteiger partial charge in [-0.05, 0) is 108 Å². The van der Waals surface area contributed by atoms with Crippen LogP contribution in [0.2, 0.25) is 25.7 Å². The van der Waals surface area contributed by atoms with Gasteiger partial charge >= 0.3 is 18.0 Å². The summed E-state index contributed by atoms with van der Waals surface area (Å²) in [6.45, 7) is 20.3. The first-order valence-corrected chi connectivity index (χ1v) is 30.0. The van der Waals surface area contributed by atoms with Gasteiger partial charge in [-0.25, -0.2) is 9.59 Å². The number of aliphatic hydroxyl groups excluding tert-OH is 1. The Kier molecular flexibility index (Phi) is 23.8. The maximum atomic E-state index is 14.6. The van der Waals surface area contributed by atoms with Crippen LogP contribution in [0.5, 0.6) is 0 Å². The lowest BCUT2D eigenvalue weighted by Crippen LogP contribution is -2.64. The number of cyclic esters (lactones) is 1. The standard InChI is InChI=1S/C54H88N2O15Si/c1-13-17-39-27-33(2)26-34(3)28-45(66-8)49-46(67-9)30-36(5)54(64,71-49)50(60)51(61)56-23-15-14-18-40(56)52(62)70-48(37(6)41(57)32-42(39)58)35(4)29-38-20-21-43(44(31-38)65-7)69-53(63)55-22-16-19-47(59)68-24-25-72(10,11)12/h13,27,29,34,36-41,43-46,48-49,57,64H,1,14-26,28,30-32H2,2-12H3,(H,55,63)/b33-27-,35-29+. The van der Waals surface area contributed by atoms with Gasteiger partial charge in [0.05, 0.1) is 31.0 Å². The molecule has 18 heteroatoms. The predicted octanol–water partition coefficient (Wildman–Crippen LogP) is 7.03. The van der Waals surface area contributed by atoms with Gasteiger partial charge in [0.1, 0.15) is 30.1 Å². The second-order valence-corrected chi connectivity index (χ2v) is 27.8. The van der Waals surface area contributed by atoms with Gasteiger partial charge in [-0.3, -0.25) is 19.2 Å². The van der Waals surface area contributed by atoms with Crippen molar-refractivity contribution in [2.75, 3.05) is 41.0 Å². The van der Waals surface area contributed by atoms with Crippen LogP contribution in [-0.4, -0.2) is 154 Å². The van der Waals surface area contributed by atoms with Crippen LogP contribution in [0, 0.1) is 29.6 Å². The molecule has 0 spiro atoms. The summed E-state index contributed by atoms with van der Waals surface area (Å²) >= 11 is 0. The number of amides is 2. The minimum atomic E-state index is -2.55. The van der Waals surface area contributed by atoms with Crippen LogP contribution in [0.1, 0.15) is 118 Å². The lowest BCUT2D eigenvalue weighted by molar-refractivity contribution is -0.302. The SMILES string of the molecule is C=CCC1/C=C(/C)CC(C)CC(OC)C2OC(O)(C(=O)C(=O)N3CCCCC3C(=O)OC(/C(C)=C/C3CCC(OC(=O)NCCCC(=O)OCC[Si](C)(C)C)C(OC)C3)C(C)C(O)CC1=O)C(C)CC2OC. The Morgan fingerprint density at radius 2 is 1.62 bits per heavy atom. The number of piperidine rings is 1. The van der Waals surface area contributed by atoms with Gasteiger partial charge in [0.25, 0.3) is 11.7 Å². The molecule has 4 rings (SSSR count). The molecule has 72 heavy (non-hydrogen) atoms. The van der Waals surface area contributed by atoms with Crippen LogP contribution in [0.4, 0.5) is 4.79 Å². The highest BCUT2D eigenvalue weighted by molar-refractivity contribution is 6.76. The summed E-state index contributed by atoms with van der Waals surface area (Å²) in [5.74, 6) is -8.51. The van der Waals surface area contributed by atoms with Gasteiger partial charge < -0.3 is 53.6 Å². The molecule has 4 aliphatic rings. The summed E-state index contributed by atoms with van der Waals surface area (Å²) in [5, 5.41) is 26.8. The number of allylic oxidation sites excluding steroid dienone is 4. The van der Waals surface area contributed by atoms with E-state index in [9.17, 15) is 39.0 Å². The van der Waals surface area contributed by atoms with E-state index in [4.69, 9.17) is 33.2 Å². The Hall–Kier alpha value is -3.78. The number of esters is 2. The fourth-order valence-electron chi connectivity index (χ4n) is 10.7. The predicted molar refractivity (Wildman–Crippen MR) is 273 cm³/mol. The van der Waals surface area contributed by atoms with Crippen LogP contribution >= 0.6 is 0 Å². The van der Waals surface area contributed by atoms with E-state index in [0.29, 0.717) is 70.0 Å². The van der Waals surface area contributed by atoms with Crippen LogP contribution in [-0.2, 0) is 57.1 Å². The Morgan fingerprint density at radius 3 is 2.28 bits per heavy atom. The summed E-state index contributed by atoms with van der Waals surface area (Å²) in [6, 6.07) is -0.308. The number of ether oxygens (including phenoxy) is 7. The number of ketones is 2. The highest BCUT2D eigenvalue weighted by Gasteiger charge is 2.56. The first kappa shape index (κ1) is 60.8. The summed E-state index contributed by atoms with van der Waals surface area (Å²) in [7, 11) is 3.26. The summed E-state index contributed by atoms with van der Waals surface area (Å²) < 4.78 is 41.4. The third kappa shape index (κ3) is 17.1. The molecule has 0 aromatic rings. The smallest absolute Gasteiger partial charge is 0.407 e. The van der Waals surface area contributed by atoms with E-state index in [1.54, 1.807) is 34.0 Å². The third-order valence-corrected chi connectivity index (χ3v) is 16.8. The Labute approximate surface area is 429 Å². The molecule has 0 aromatic carbocycles. The second-order valence-electron chi connectivity index (χ2n) is 22.2. The molecule has 3 fully saturated rings. The zero-order valence-corrected chi connectivity index (χ0v) is 46.1. The molecule has 3 aliphatic heterocycles. The first-order valence-electron chi connectivity index (χ1n) is 26.3. The highest BCUT2D eigenvalue weighted by Crippen LogP contribution is 2.39. The van der Waals surface area contributed by atoms with E-state index < -0.39 is 104 Å². The van der Waals surface area contributed by atoms with Crippen molar-refractivity contribution in [2.45, 2.75) is 198 Å². The van der Waals surface area contributed by atoms with Crippen molar-refractivity contribution in [1.29, 1.82) is 0 Å². The molecular weight excluding hydrogens is 945 g/mol. The van der Waals surface area contributed by atoms with E-state index in [-0.39, 0.29) is 62.4 Å². The van der Waals surface area contributed by atoms with Gasteiger partial charge in [-0.15, -0.1) is 6.58 Å². The summed E-state index contributed by atoms with van der Waals surface area (Å²) in [5.41, 5.74) is 1.53. The largest absolute Gasteiger partial charge is 0.466 e. The van der Waals surface area contributed by atoms with Crippen molar-refractivity contribution in [3.05, 3.63) is 36.0 Å². The zero-order valence-electron chi connectivity index (χ0n) is 45.1. The molecular formula is C54H88N2O15Si. The summed E-state index contributed by atoms with van der Waals surface area (Å²) in [6.07, 6.45) is 4.03. The Morgan fingerprint density at radius 1 is 0.944 bits per heavy atom. The number of aliphatic hydroxyl groups is 2. The molecule has 3 heterocycles. The highest BCUT2D eigenvalue weighted by atomic mass is 28.3. The van der Waals surface area contributed by atoms with Gasteiger partial charge in [0.15, 0.2) is 0 Å². The minimum Gasteiger partial charge on any atom is -0.466 e. The number of fused-ring (bicyclic) bond motifs is 3. The molecule has 2 saturated heterocycles. The number of hydrogen-bond donors (Lipinski definition) is 3. The quantitative estimate of drug-likeness (QED) is 0.0374. The molecule has 2 bridgehead atoms. The van der Waals surface area contributed by atoms with Crippen molar-refractivity contribution in [1.82, 2.24) is 10.2 Å². The van der Waals surface area contributed by atoms with Crippen LogP contribution in [0.25, 0.3) is 0 Å². The number of nitrogens with zero attached hydrogens (tertiary/aromatic N) is 1. The Balaban J connectivity index is 1.60. The van der Waals surface area contributed by atoms with Crippen LogP contribution < -0.4 is 5.32 Å². The van der Waals surface area contributed by atoms with Crippen molar-refractivity contribution >= 4 is 43.6 Å². The van der Waals surface area contributed by atoms with Crippen LogP contribution in [0.3, 0.4) is 0 Å². The average Bonchev–Trinajstić information content (AvgIpc) is 3.33. The van der Waals surface area contributed by atoms with E-state index in [0.717, 1.165) is 16.5 Å². The molecule has 14 atom stereocenters. The maximum Gasteiger partial charge on any atom is 0.407 e. The molecule has 17 nitrogen and oxygen atoms in total. The number of carbonyl (C=O) groups excluding carboxylic acids is 6. The van der Waals surface area contributed by atoms with Crippen molar-refractivity contribution in [2.24, 2.45) is 29.6 Å². The molecule has 1 aliphatic carbocycles. The van der Waals surface area contributed by atoms with Crippen molar-refractivity contribution < 1.29 is 72.1 Å². The topological polar surface area (TPSA) is 223 Å². The summed E-state index contributed by atoms with van der Waals surface area (Å²) in [4.78, 5) is 83.6. The maximum absolute atomic E-state index is 14.6. The number of Topliss-reactive ketones (excluding diaryl/α,β-unsaturated/α-hetero) is 2. The van der Waals surface area contributed by atoms with Gasteiger partial charge in [-0.2, -0.15) is 0 Å². The molecule has 2 amide bonds. The molecule has 0 aromatic heterocycles. The molecule has 14 unspecified atom stereocenters. The monoisotopic (exact) mass is 1030 g/mol. The molecule has 3 N–H and O–H groups in total. The molecule has 0 radical (unpaired) electrons. The van der Waals surface area contributed by atoms with Gasteiger partial charge in [0.2, 0.25) is 5.79 Å². The van der Waals surface area contributed by atoms with E-state index in [2.05, 4.69) is 31.5 Å². The number of hydrogen-bond acceptors (Lipinski definition) is 15. The van der Waals surface area contributed by atoms with Gasteiger partial charge in [0, 0.05) is 73.1 Å². The van der Waals surface area contributed by atoms with Crippen molar-refractivity contribution in [3.8, 4) is 0 Å². The fraction of sp³-hybridized carbons (Fsp3) is 0.778. The zero-order chi connectivity index (χ0) is 53.5.